The molecule has 0 spiro atoms. The van der Waals surface area contributed by atoms with Crippen LogP contribution in [-0.4, -0.2) is 4.98 Å². The monoisotopic (exact) mass is 400 g/mol. The number of pyridine rings is 1. The summed E-state index contributed by atoms with van der Waals surface area (Å²) in [4.78, 5) is 7.31. The average Bonchev–Trinajstić information content (AvgIpc) is 2.75. The van der Waals surface area contributed by atoms with Gasteiger partial charge in [-0.2, -0.15) is 0 Å². The molecule has 6 rings (SSSR count). The molecule has 0 atom stereocenters. The topological polar surface area (TPSA) is 16.1 Å². The van der Waals surface area contributed by atoms with Crippen molar-refractivity contribution in [2.24, 2.45) is 0 Å². The number of anilines is 3. The van der Waals surface area contributed by atoms with E-state index in [2.05, 4.69) is 105 Å². The molecule has 0 unspecified atom stereocenters. The predicted molar refractivity (Wildman–Crippen MR) is 131 cm³/mol. The van der Waals surface area contributed by atoms with Crippen LogP contribution in [0.1, 0.15) is 27.8 Å². The minimum Gasteiger partial charge on any atom is -0.310 e. The largest absolute Gasteiger partial charge is 0.310 e. The molecular weight excluding hydrogens is 376 g/mol. The molecule has 0 fully saturated rings. The van der Waals surface area contributed by atoms with Gasteiger partial charge in [-0.25, -0.2) is 4.98 Å². The lowest BCUT2D eigenvalue weighted by Gasteiger charge is -2.34. The van der Waals surface area contributed by atoms with Gasteiger partial charge in [-0.15, -0.1) is 0 Å². The van der Waals surface area contributed by atoms with Crippen LogP contribution in [0.3, 0.4) is 0 Å². The van der Waals surface area contributed by atoms with Crippen molar-refractivity contribution < 1.29 is 0 Å². The standard InChI is InChI=1S/C29H24N2/c1-18-4-8-26-21(12-18)15-22-17-25(7-9-27(22)30-26)31-28-10-5-19(2)13-23(28)16-24-14-20(3)6-11-29(24)31/h4-15,17H,16H2,1-3H3. The molecule has 0 bridgehead atoms. The fraction of sp³-hybridized carbons (Fsp3) is 0.138. The summed E-state index contributed by atoms with van der Waals surface area (Å²) in [6.45, 7) is 6.47. The molecule has 2 nitrogen and oxygen atoms in total. The van der Waals surface area contributed by atoms with Crippen molar-refractivity contribution in [2.75, 3.05) is 4.90 Å². The van der Waals surface area contributed by atoms with Crippen LogP contribution < -0.4 is 4.90 Å². The van der Waals surface area contributed by atoms with Gasteiger partial charge in [0.15, 0.2) is 0 Å². The van der Waals surface area contributed by atoms with E-state index in [9.17, 15) is 0 Å². The Balaban J connectivity index is 1.58. The second kappa shape index (κ2) is 6.68. The minimum absolute atomic E-state index is 0.976. The van der Waals surface area contributed by atoms with E-state index in [0.29, 0.717) is 0 Å². The number of nitrogens with zero attached hydrogens (tertiary/aromatic N) is 2. The van der Waals surface area contributed by atoms with E-state index in [1.54, 1.807) is 0 Å². The first-order valence-corrected chi connectivity index (χ1v) is 10.9. The number of hydrogen-bond acceptors (Lipinski definition) is 2. The van der Waals surface area contributed by atoms with E-state index >= 15 is 0 Å². The van der Waals surface area contributed by atoms with Gasteiger partial charge < -0.3 is 4.90 Å². The first-order valence-electron chi connectivity index (χ1n) is 10.9. The Kier molecular flexibility index (Phi) is 3.91. The van der Waals surface area contributed by atoms with Crippen LogP contribution in [0, 0.1) is 20.8 Å². The summed E-state index contributed by atoms with van der Waals surface area (Å²) < 4.78 is 0. The second-order valence-electron chi connectivity index (χ2n) is 8.84. The molecule has 4 aromatic carbocycles. The molecule has 150 valence electrons. The fourth-order valence-corrected chi connectivity index (χ4v) is 4.85. The zero-order chi connectivity index (χ0) is 21.1. The van der Waals surface area contributed by atoms with E-state index in [1.165, 1.54) is 55.7 Å². The lowest BCUT2D eigenvalue weighted by Crippen LogP contribution is -2.18. The van der Waals surface area contributed by atoms with Crippen molar-refractivity contribution in [3.05, 3.63) is 107 Å². The Morgan fingerprint density at radius 1 is 0.581 bits per heavy atom. The Morgan fingerprint density at radius 2 is 1.13 bits per heavy atom. The van der Waals surface area contributed by atoms with Gasteiger partial charge in [0.05, 0.1) is 11.0 Å². The molecule has 2 heterocycles. The summed E-state index contributed by atoms with van der Waals surface area (Å²) in [5.74, 6) is 0. The third-order valence-corrected chi connectivity index (χ3v) is 6.34. The average molecular weight is 401 g/mol. The molecule has 31 heavy (non-hydrogen) atoms. The second-order valence-corrected chi connectivity index (χ2v) is 8.84. The van der Waals surface area contributed by atoms with Gasteiger partial charge in [-0.3, -0.25) is 0 Å². The molecule has 1 aliphatic rings. The molecule has 0 saturated carbocycles. The van der Waals surface area contributed by atoms with Crippen molar-refractivity contribution in [1.29, 1.82) is 0 Å². The molecular formula is C29H24N2. The minimum atomic E-state index is 0.976. The van der Waals surface area contributed by atoms with Crippen LogP contribution in [0.4, 0.5) is 17.1 Å². The van der Waals surface area contributed by atoms with Crippen molar-refractivity contribution in [3.8, 4) is 0 Å². The molecule has 0 aliphatic carbocycles. The summed E-state index contributed by atoms with van der Waals surface area (Å²) in [6.07, 6.45) is 0.976. The van der Waals surface area contributed by atoms with Gasteiger partial charge >= 0.3 is 0 Å². The van der Waals surface area contributed by atoms with Gasteiger partial charge in [0, 0.05) is 34.3 Å². The Labute approximate surface area is 182 Å². The van der Waals surface area contributed by atoms with Gasteiger partial charge in [-0.1, -0.05) is 47.0 Å². The molecule has 1 aromatic heterocycles. The van der Waals surface area contributed by atoms with Crippen LogP contribution in [-0.2, 0) is 6.42 Å². The van der Waals surface area contributed by atoms with Crippen LogP contribution in [0.15, 0.2) is 78.9 Å². The third-order valence-electron chi connectivity index (χ3n) is 6.34. The molecule has 0 saturated heterocycles. The summed E-state index contributed by atoms with van der Waals surface area (Å²) in [6, 6.07) is 29.0. The van der Waals surface area contributed by atoms with Crippen LogP contribution in [0.5, 0.6) is 0 Å². The van der Waals surface area contributed by atoms with Crippen molar-refractivity contribution >= 4 is 38.9 Å². The normalized spacial score (nSPS) is 12.8. The quantitative estimate of drug-likeness (QED) is 0.263. The van der Waals surface area contributed by atoms with Crippen molar-refractivity contribution in [1.82, 2.24) is 4.98 Å². The summed E-state index contributed by atoms with van der Waals surface area (Å²) in [5.41, 5.74) is 12.4. The number of aromatic nitrogens is 1. The summed E-state index contributed by atoms with van der Waals surface area (Å²) in [7, 11) is 0. The van der Waals surface area contributed by atoms with Crippen LogP contribution >= 0.6 is 0 Å². The highest BCUT2D eigenvalue weighted by molar-refractivity contribution is 5.96. The zero-order valence-corrected chi connectivity index (χ0v) is 18.1. The third kappa shape index (κ3) is 2.98. The van der Waals surface area contributed by atoms with Gasteiger partial charge in [0.2, 0.25) is 0 Å². The Bertz CT molecular complexity index is 1440. The van der Waals surface area contributed by atoms with E-state index in [0.717, 1.165) is 17.5 Å². The van der Waals surface area contributed by atoms with Crippen molar-refractivity contribution in [2.45, 2.75) is 27.2 Å². The zero-order valence-electron chi connectivity index (χ0n) is 18.1. The van der Waals surface area contributed by atoms with E-state index < -0.39 is 0 Å². The SMILES string of the molecule is Cc1ccc2c(c1)Cc1cc(C)ccc1N2c1ccc2nc3ccc(C)cc3cc2c1. The van der Waals surface area contributed by atoms with Crippen molar-refractivity contribution in [3.63, 3.8) is 0 Å². The molecule has 0 amide bonds. The van der Waals surface area contributed by atoms with Crippen LogP contribution in [0.25, 0.3) is 21.8 Å². The lowest BCUT2D eigenvalue weighted by molar-refractivity contribution is 1.08. The maximum absolute atomic E-state index is 4.90. The number of hydrogen-bond donors (Lipinski definition) is 0. The van der Waals surface area contributed by atoms with Crippen LogP contribution in [0.2, 0.25) is 0 Å². The van der Waals surface area contributed by atoms with E-state index in [-0.39, 0.29) is 0 Å². The van der Waals surface area contributed by atoms with Gasteiger partial charge in [0.1, 0.15) is 0 Å². The lowest BCUT2D eigenvalue weighted by atomic mass is 9.92. The molecule has 2 heteroatoms. The Morgan fingerprint density at radius 3 is 1.81 bits per heavy atom. The van der Waals surface area contributed by atoms with E-state index in [4.69, 9.17) is 4.98 Å². The highest BCUT2D eigenvalue weighted by atomic mass is 15.2. The number of rotatable bonds is 1. The first-order chi connectivity index (χ1) is 15.0. The highest BCUT2D eigenvalue weighted by Crippen LogP contribution is 2.44. The molecule has 0 N–H and O–H groups in total. The maximum Gasteiger partial charge on any atom is 0.0711 e. The number of fused-ring (bicyclic) bond motifs is 4. The van der Waals surface area contributed by atoms with E-state index in [1.807, 2.05) is 0 Å². The smallest absolute Gasteiger partial charge is 0.0711 e. The predicted octanol–water partition coefficient (Wildman–Crippen LogP) is 7.69. The highest BCUT2D eigenvalue weighted by Gasteiger charge is 2.24. The van der Waals surface area contributed by atoms with Gasteiger partial charge in [0.25, 0.3) is 0 Å². The summed E-state index contributed by atoms with van der Waals surface area (Å²) in [5, 5.41) is 2.36. The van der Waals surface area contributed by atoms with Gasteiger partial charge in [-0.05, 0) is 80.4 Å². The number of aryl methyl sites for hydroxylation is 3. The molecule has 5 aromatic rings. The Hall–Kier alpha value is -3.65. The summed E-state index contributed by atoms with van der Waals surface area (Å²) >= 11 is 0. The fourth-order valence-electron chi connectivity index (χ4n) is 4.85. The molecule has 0 radical (unpaired) electrons. The number of benzene rings is 4. The molecule has 1 aliphatic heterocycles. The maximum atomic E-state index is 4.90. The first kappa shape index (κ1) is 18.1.